The van der Waals surface area contributed by atoms with Gasteiger partial charge in [-0.2, -0.15) is 0 Å². The molecule has 0 heterocycles. The van der Waals surface area contributed by atoms with Crippen molar-refractivity contribution in [1.29, 1.82) is 0 Å². The van der Waals surface area contributed by atoms with E-state index in [1.807, 2.05) is 0 Å². The van der Waals surface area contributed by atoms with Crippen molar-refractivity contribution in [1.82, 2.24) is 0 Å². The van der Waals surface area contributed by atoms with Crippen LogP contribution in [0.5, 0.6) is 69.0 Å². The first-order valence-corrected chi connectivity index (χ1v) is 19.5. The molecule has 0 aromatic heterocycles. The molecule has 0 amide bonds. The average molecular weight is 890 g/mol. The maximum atomic E-state index is 12.0. The number of methoxy groups -OCH3 is 3. The molecule has 0 fully saturated rings. The highest BCUT2D eigenvalue weighted by molar-refractivity contribution is 6.25. The molecule has 0 bridgehead atoms. The number of phenolic OH excluding ortho intramolecular Hbond substituents is 5. The van der Waals surface area contributed by atoms with Crippen molar-refractivity contribution in [2.75, 3.05) is 34.5 Å². The van der Waals surface area contributed by atoms with Crippen LogP contribution in [0.15, 0.2) is 120 Å². The van der Waals surface area contributed by atoms with Gasteiger partial charge < -0.3 is 49.2 Å². The van der Waals surface area contributed by atoms with Gasteiger partial charge >= 0.3 is 0 Å². The molecular weight excluding hydrogens is 851 g/mol. The minimum Gasteiger partial charge on any atom is -0.508 e. The number of ether oxygens (including phenoxy) is 5. The van der Waals surface area contributed by atoms with Gasteiger partial charge in [0.05, 0.1) is 32.5 Å². The van der Waals surface area contributed by atoms with Gasteiger partial charge in [-0.05, 0) is 95.1 Å². The van der Waals surface area contributed by atoms with E-state index in [-0.39, 0.29) is 98.9 Å². The molecule has 0 atom stereocenters. The van der Waals surface area contributed by atoms with E-state index in [9.17, 15) is 25.5 Å². The number of allylic oxidation sites excluding steroid dienone is 2. The van der Waals surface area contributed by atoms with Crippen LogP contribution in [0.25, 0.3) is 44.5 Å². The third-order valence-electron chi connectivity index (χ3n) is 9.21. The summed E-state index contributed by atoms with van der Waals surface area (Å²) in [5, 5.41) is 54.4. The molecule has 6 aromatic rings. The first-order valence-electron chi connectivity index (χ1n) is 18.7. The lowest BCUT2D eigenvalue weighted by atomic mass is 9.96. The van der Waals surface area contributed by atoms with Crippen molar-refractivity contribution in [3.8, 4) is 137 Å². The predicted octanol–water partition coefficient (Wildman–Crippen LogP) is 10.6. The lowest BCUT2D eigenvalue weighted by Crippen LogP contribution is -2.07. The minimum atomic E-state index is -0.389. The van der Waals surface area contributed by atoms with Crippen molar-refractivity contribution in [3.05, 3.63) is 120 Å². The maximum absolute atomic E-state index is 12.0. The molecule has 0 aliphatic heterocycles. The summed E-state index contributed by atoms with van der Waals surface area (Å²) in [6, 6.07) is 24.9. The van der Waals surface area contributed by atoms with E-state index in [2.05, 4.69) is 23.7 Å². The lowest BCUT2D eigenvalue weighted by molar-refractivity contribution is -0.100. The summed E-state index contributed by atoms with van der Waals surface area (Å²) in [4.78, 5) is 12.6. The molecule has 14 heteroatoms. The predicted molar refractivity (Wildman–Crippen MR) is 240 cm³/mol. The normalized spacial score (nSPS) is 10.7. The Balaban J connectivity index is 1.54. The molecule has 0 aliphatic rings. The summed E-state index contributed by atoms with van der Waals surface area (Å²) in [7, 11) is 4.26. The molecule has 0 radical (unpaired) electrons. The van der Waals surface area contributed by atoms with Crippen LogP contribution in [0.2, 0.25) is 0 Å². The molecule has 0 unspecified atom stereocenters. The van der Waals surface area contributed by atoms with Crippen molar-refractivity contribution in [2.45, 2.75) is 0 Å². The number of benzene rings is 6. The monoisotopic (exact) mass is 888 g/mol. The highest BCUT2D eigenvalue weighted by Crippen LogP contribution is 2.54. The maximum Gasteiger partial charge on any atom is 0.232 e. The third-order valence-corrected chi connectivity index (χ3v) is 9.46. The first-order chi connectivity index (χ1) is 30.6. The molecule has 0 aliphatic carbocycles. The van der Waals surface area contributed by atoms with E-state index in [0.717, 1.165) is 0 Å². The molecule has 0 saturated carbocycles. The molecule has 0 spiro atoms. The Morgan fingerprint density at radius 3 is 1.40 bits per heavy atom. The van der Waals surface area contributed by atoms with Gasteiger partial charge in [0.2, 0.25) is 5.75 Å². The number of halogens is 2. The van der Waals surface area contributed by atoms with E-state index in [1.54, 1.807) is 54.6 Å². The zero-order chi connectivity index (χ0) is 44.9. The smallest absolute Gasteiger partial charge is 0.232 e. The Labute approximate surface area is 372 Å². The molecule has 5 N–H and O–H groups in total. The Morgan fingerprint density at radius 2 is 0.937 bits per heavy atom. The van der Waals surface area contributed by atoms with Crippen molar-refractivity contribution in [2.24, 2.45) is 0 Å². The molecule has 320 valence electrons. The summed E-state index contributed by atoms with van der Waals surface area (Å²) >= 11 is 11.1. The van der Waals surface area contributed by atoms with Crippen LogP contribution in [0.3, 0.4) is 0 Å². The van der Waals surface area contributed by atoms with Gasteiger partial charge in [0.15, 0.2) is 46.0 Å². The lowest BCUT2D eigenvalue weighted by Gasteiger charge is -2.22. The van der Waals surface area contributed by atoms with Crippen molar-refractivity contribution >= 4 is 23.2 Å². The second kappa shape index (κ2) is 21.1. The number of phenols is 5. The molecule has 0 saturated heterocycles. The van der Waals surface area contributed by atoms with Gasteiger partial charge in [0.1, 0.15) is 30.5 Å². The Morgan fingerprint density at radius 1 is 0.476 bits per heavy atom. The van der Waals surface area contributed by atoms with Crippen LogP contribution < -0.4 is 33.5 Å². The molecule has 6 rings (SSSR count). The van der Waals surface area contributed by atoms with Crippen LogP contribution >= 0.6 is 23.2 Å². The van der Waals surface area contributed by atoms with Crippen LogP contribution in [0.4, 0.5) is 0 Å². The van der Waals surface area contributed by atoms with E-state index in [1.165, 1.54) is 87.0 Å². The van der Waals surface area contributed by atoms with Gasteiger partial charge in [-0.15, -0.1) is 0 Å². The van der Waals surface area contributed by atoms with Crippen LogP contribution in [0, 0.1) is 23.7 Å². The Bertz CT molecular complexity index is 2780. The van der Waals surface area contributed by atoms with Crippen molar-refractivity contribution < 1.29 is 59.0 Å². The fourth-order valence-corrected chi connectivity index (χ4v) is 6.52. The summed E-state index contributed by atoms with van der Waals surface area (Å²) in [6.07, 6.45) is 2.88. The number of aromatic hydroxyl groups is 5. The van der Waals surface area contributed by atoms with Crippen molar-refractivity contribution in [3.63, 3.8) is 0 Å². The molecule has 6 aromatic carbocycles. The van der Waals surface area contributed by atoms with Gasteiger partial charge in [-0.3, -0.25) is 9.78 Å². The van der Waals surface area contributed by atoms with E-state index in [4.69, 9.17) is 56.7 Å². The number of rotatable bonds is 14. The van der Waals surface area contributed by atoms with Crippen LogP contribution in [-0.4, -0.2) is 60.1 Å². The summed E-state index contributed by atoms with van der Waals surface area (Å²) < 4.78 is 29.0. The Hall–Kier alpha value is -7.90. The van der Waals surface area contributed by atoms with Crippen LogP contribution in [-0.2, 0) is 0 Å². The summed E-state index contributed by atoms with van der Waals surface area (Å²) in [5.41, 5.74) is 5.42. The molecular formula is C49H38Cl2O12. The first kappa shape index (κ1) is 44.6. The zero-order valence-corrected chi connectivity index (χ0v) is 35.3. The number of hydrogen-bond donors (Lipinski definition) is 5. The highest BCUT2D eigenvalue weighted by atomic mass is 35.5. The van der Waals surface area contributed by atoms with Gasteiger partial charge in [-0.1, -0.05) is 83.3 Å². The number of hydrogen-bond acceptors (Lipinski definition) is 12. The fraction of sp³-hybridized carbons (Fsp3) is 0.102. The fourth-order valence-electron chi connectivity index (χ4n) is 6.39. The van der Waals surface area contributed by atoms with E-state index in [0.29, 0.717) is 27.8 Å². The highest BCUT2D eigenvalue weighted by Gasteiger charge is 2.29. The van der Waals surface area contributed by atoms with Gasteiger partial charge in [0.25, 0.3) is 0 Å². The second-order valence-electron chi connectivity index (χ2n) is 13.0. The van der Waals surface area contributed by atoms with E-state index >= 15 is 0 Å². The average Bonchev–Trinajstić information content (AvgIpc) is 3.28. The zero-order valence-electron chi connectivity index (χ0n) is 33.8. The van der Waals surface area contributed by atoms with Crippen LogP contribution in [0.1, 0.15) is 0 Å². The van der Waals surface area contributed by atoms with E-state index < -0.39 is 0 Å². The standard InChI is InChI=1S/C49H38Cl2O12/c1-57-42-28-37(31-12-18-35(53)19-13-31)48(59-3)49(45(42)33-15-21-41(39(55)27-33)61-25-9-5-7-23-51)63-62-43-29-36(30-10-16-34(52)17-11-30)47(58-2)46(56)44(43)32-14-20-40(38(54)26-32)60-24-8-4-6-22-50/h6-7,10-23,26-29,52-56H,24-25H2,1-3H3/b22-6+,23-7-. The minimum absolute atomic E-state index is 0.0127. The quantitative estimate of drug-likeness (QED) is 0.0400. The Kier molecular flexibility index (Phi) is 14.9. The van der Waals surface area contributed by atoms with Gasteiger partial charge in [-0.25, -0.2) is 0 Å². The molecule has 12 nitrogen and oxygen atoms in total. The summed E-state index contributed by atoms with van der Waals surface area (Å²) in [5.74, 6) is 10.6. The third kappa shape index (κ3) is 10.4. The van der Waals surface area contributed by atoms with Gasteiger partial charge in [0, 0.05) is 22.2 Å². The topological polar surface area (TPSA) is 166 Å². The largest absolute Gasteiger partial charge is 0.508 e. The summed E-state index contributed by atoms with van der Waals surface area (Å²) in [6.45, 7) is -0.0876. The second-order valence-corrected chi connectivity index (χ2v) is 13.5. The SMILES string of the molecule is COc1cc(-c2ccc(O)cc2)c(OC)c(OOc2cc(-c3ccc(O)cc3)c(OC)c(O)c2-c2ccc(OCC#C/C=C/Cl)c(O)c2)c1-c1ccc(OCC#C/C=C\Cl)c(O)c1. The molecule has 63 heavy (non-hydrogen) atoms.